The Bertz CT molecular complexity index is 1140. The molecule has 5 unspecified atom stereocenters. The summed E-state index contributed by atoms with van der Waals surface area (Å²) in [5.74, 6) is 1.37. The van der Waals surface area contributed by atoms with Crippen LogP contribution in [0, 0.1) is 28.6 Å². The van der Waals surface area contributed by atoms with E-state index in [2.05, 4.69) is 65.7 Å². The molecule has 1 amide bonds. The Balaban J connectivity index is 1.49. The van der Waals surface area contributed by atoms with E-state index < -0.39 is 0 Å². The molecule has 3 aromatic rings. The fourth-order valence-electron chi connectivity index (χ4n) is 7.23. The maximum absolute atomic E-state index is 13.1. The van der Waals surface area contributed by atoms with Crippen molar-refractivity contribution in [2.75, 3.05) is 0 Å². The summed E-state index contributed by atoms with van der Waals surface area (Å²) in [6.07, 6.45) is 10.2. The molecule has 5 atom stereocenters. The normalized spacial score (nSPS) is 31.2. The summed E-state index contributed by atoms with van der Waals surface area (Å²) in [4.78, 5) is 21.9. The van der Waals surface area contributed by atoms with Gasteiger partial charge in [-0.1, -0.05) is 46.2 Å². The van der Waals surface area contributed by atoms with Gasteiger partial charge in [-0.15, -0.1) is 0 Å². The molecule has 5 heteroatoms. The first-order valence-electron chi connectivity index (χ1n) is 12.4. The number of carbonyl (C=O) groups excluding carboxylic acids is 1. The second kappa shape index (κ2) is 8.27. The maximum atomic E-state index is 13.1. The lowest BCUT2D eigenvalue weighted by atomic mass is 9.45. The Kier molecular flexibility index (Phi) is 5.54. The van der Waals surface area contributed by atoms with Gasteiger partial charge in [-0.05, 0) is 72.1 Å². The summed E-state index contributed by atoms with van der Waals surface area (Å²) in [6, 6.07) is 12.2. The van der Waals surface area contributed by atoms with Crippen molar-refractivity contribution in [3.05, 3.63) is 60.7 Å². The van der Waals surface area contributed by atoms with Gasteiger partial charge in [0.2, 0.25) is 0 Å². The first-order valence-corrected chi connectivity index (χ1v) is 12.4. The first-order chi connectivity index (χ1) is 15.8. The molecule has 174 valence electrons. The summed E-state index contributed by atoms with van der Waals surface area (Å²) in [7, 11) is 0. The van der Waals surface area contributed by atoms with Crippen molar-refractivity contribution in [2.24, 2.45) is 28.6 Å². The third-order valence-electron chi connectivity index (χ3n) is 9.04. The van der Waals surface area contributed by atoms with Crippen LogP contribution in [0.4, 0.5) is 0 Å². The van der Waals surface area contributed by atoms with Crippen LogP contribution < -0.4 is 5.32 Å². The van der Waals surface area contributed by atoms with Gasteiger partial charge >= 0.3 is 0 Å². The number of para-hydroxylation sites is 2. The van der Waals surface area contributed by atoms with E-state index in [9.17, 15) is 4.79 Å². The molecule has 33 heavy (non-hydrogen) atoms. The maximum Gasteiger partial charge on any atom is 0.253 e. The highest BCUT2D eigenvalue weighted by Crippen LogP contribution is 2.61. The Labute approximate surface area is 197 Å². The molecular weight excluding hydrogens is 408 g/mol. The van der Waals surface area contributed by atoms with Crippen LogP contribution in [0.25, 0.3) is 11.0 Å². The standard InChI is InChI=1S/C28H36N4O/c1-19-21(17-32-18-30-22-10-5-6-11-24(22)32)28(4)13-8-12-27(2,3)25(28)15-23(19)31-26(33)20-9-7-14-29-16-20/h5-7,9-11,14,16,18-19,21,23,25H,8,12-13,15,17H2,1-4H3,(H,31,33). The molecule has 2 fully saturated rings. The van der Waals surface area contributed by atoms with E-state index in [1.54, 1.807) is 12.4 Å². The Hall–Kier alpha value is -2.69. The molecular formula is C28H36N4O. The van der Waals surface area contributed by atoms with Crippen LogP contribution in [0.15, 0.2) is 55.1 Å². The molecule has 2 aliphatic rings. The second-order valence-electron chi connectivity index (χ2n) is 11.3. The number of benzene rings is 1. The lowest BCUT2D eigenvalue weighted by Gasteiger charge is -2.61. The summed E-state index contributed by atoms with van der Waals surface area (Å²) in [5.41, 5.74) is 3.38. The van der Waals surface area contributed by atoms with Gasteiger partial charge in [-0.3, -0.25) is 9.78 Å². The molecule has 2 aliphatic carbocycles. The number of hydrogen-bond acceptors (Lipinski definition) is 3. The lowest BCUT2D eigenvalue weighted by molar-refractivity contribution is -0.109. The zero-order valence-electron chi connectivity index (χ0n) is 20.3. The predicted octanol–water partition coefficient (Wildman–Crippen LogP) is 5.72. The summed E-state index contributed by atoms with van der Waals surface area (Å²) in [5, 5.41) is 3.42. The van der Waals surface area contributed by atoms with E-state index in [1.165, 1.54) is 24.8 Å². The van der Waals surface area contributed by atoms with Crippen LogP contribution in [-0.2, 0) is 6.54 Å². The Morgan fingerprint density at radius 2 is 1.97 bits per heavy atom. The molecule has 2 aromatic heterocycles. The topological polar surface area (TPSA) is 59.8 Å². The molecule has 1 aromatic carbocycles. The first kappa shape index (κ1) is 22.1. The van der Waals surface area contributed by atoms with Gasteiger partial charge in [0.15, 0.2) is 0 Å². The van der Waals surface area contributed by atoms with Crippen LogP contribution in [0.3, 0.4) is 0 Å². The molecule has 0 aliphatic heterocycles. The molecule has 0 spiro atoms. The molecule has 0 bridgehead atoms. The summed E-state index contributed by atoms with van der Waals surface area (Å²) >= 11 is 0. The van der Waals surface area contributed by atoms with Gasteiger partial charge in [0.05, 0.1) is 22.9 Å². The fraction of sp³-hybridized carbons (Fsp3) is 0.536. The quantitative estimate of drug-likeness (QED) is 0.560. The Morgan fingerprint density at radius 1 is 1.15 bits per heavy atom. The van der Waals surface area contributed by atoms with Crippen molar-refractivity contribution >= 4 is 16.9 Å². The van der Waals surface area contributed by atoms with E-state index in [0.717, 1.165) is 18.5 Å². The zero-order valence-corrected chi connectivity index (χ0v) is 20.3. The molecule has 0 radical (unpaired) electrons. The van der Waals surface area contributed by atoms with Crippen molar-refractivity contribution in [1.29, 1.82) is 0 Å². The minimum atomic E-state index is -0.0102. The highest BCUT2D eigenvalue weighted by atomic mass is 16.1. The van der Waals surface area contributed by atoms with Gasteiger partial charge < -0.3 is 9.88 Å². The Morgan fingerprint density at radius 3 is 2.76 bits per heavy atom. The van der Waals surface area contributed by atoms with E-state index >= 15 is 0 Å². The van der Waals surface area contributed by atoms with E-state index in [4.69, 9.17) is 0 Å². The number of nitrogens with zero attached hydrogens (tertiary/aromatic N) is 3. The number of nitrogens with one attached hydrogen (secondary N) is 1. The number of amides is 1. The molecule has 5 nitrogen and oxygen atoms in total. The van der Waals surface area contributed by atoms with Gasteiger partial charge in [-0.2, -0.15) is 0 Å². The average Bonchev–Trinajstić information content (AvgIpc) is 3.21. The third-order valence-corrected chi connectivity index (χ3v) is 9.04. The van der Waals surface area contributed by atoms with Crippen LogP contribution in [-0.4, -0.2) is 26.5 Å². The fourth-order valence-corrected chi connectivity index (χ4v) is 7.23. The minimum absolute atomic E-state index is 0.0102. The van der Waals surface area contributed by atoms with Gasteiger partial charge in [0, 0.05) is 25.0 Å². The van der Waals surface area contributed by atoms with Crippen molar-refractivity contribution < 1.29 is 4.79 Å². The van der Waals surface area contributed by atoms with Crippen LogP contribution in [0.5, 0.6) is 0 Å². The second-order valence-corrected chi connectivity index (χ2v) is 11.3. The number of rotatable bonds is 4. The number of aromatic nitrogens is 3. The van der Waals surface area contributed by atoms with Crippen molar-refractivity contribution in [2.45, 2.75) is 66.0 Å². The van der Waals surface area contributed by atoms with Crippen LogP contribution in [0.1, 0.15) is 63.7 Å². The molecule has 2 saturated carbocycles. The van der Waals surface area contributed by atoms with E-state index in [0.29, 0.717) is 23.3 Å². The predicted molar refractivity (Wildman–Crippen MR) is 132 cm³/mol. The van der Waals surface area contributed by atoms with Gasteiger partial charge in [0.1, 0.15) is 0 Å². The molecule has 2 heterocycles. The average molecular weight is 445 g/mol. The summed E-state index contributed by atoms with van der Waals surface area (Å²) in [6.45, 7) is 10.7. The van der Waals surface area contributed by atoms with Crippen molar-refractivity contribution in [3.63, 3.8) is 0 Å². The highest BCUT2D eigenvalue weighted by molar-refractivity contribution is 5.94. The zero-order chi connectivity index (χ0) is 23.2. The molecule has 0 saturated heterocycles. The molecule has 5 rings (SSSR count). The number of pyridine rings is 1. The van der Waals surface area contributed by atoms with Crippen molar-refractivity contribution in [1.82, 2.24) is 19.9 Å². The van der Waals surface area contributed by atoms with Crippen LogP contribution >= 0.6 is 0 Å². The highest BCUT2D eigenvalue weighted by Gasteiger charge is 2.56. The minimum Gasteiger partial charge on any atom is -0.349 e. The number of fused-ring (bicyclic) bond motifs is 2. The monoisotopic (exact) mass is 444 g/mol. The van der Waals surface area contributed by atoms with Gasteiger partial charge in [-0.25, -0.2) is 4.98 Å². The lowest BCUT2D eigenvalue weighted by Crippen LogP contribution is -2.59. The largest absolute Gasteiger partial charge is 0.349 e. The SMILES string of the molecule is CC1C(NC(=O)c2cccnc2)CC2C(C)(C)CCCC2(C)C1Cn1cnc2ccccc21. The smallest absolute Gasteiger partial charge is 0.253 e. The van der Waals surface area contributed by atoms with Gasteiger partial charge in [0.25, 0.3) is 5.91 Å². The van der Waals surface area contributed by atoms with E-state index in [1.807, 2.05) is 24.5 Å². The van der Waals surface area contributed by atoms with Crippen molar-refractivity contribution in [3.8, 4) is 0 Å². The number of imidazole rings is 1. The van der Waals surface area contributed by atoms with Crippen LogP contribution in [0.2, 0.25) is 0 Å². The van der Waals surface area contributed by atoms with E-state index in [-0.39, 0.29) is 22.8 Å². The number of carbonyl (C=O) groups is 1. The third kappa shape index (κ3) is 3.85. The summed E-state index contributed by atoms with van der Waals surface area (Å²) < 4.78 is 2.34. The molecule has 1 N–H and O–H groups in total. The number of hydrogen-bond donors (Lipinski definition) is 1.